The van der Waals surface area contributed by atoms with Gasteiger partial charge < -0.3 is 10.2 Å². The fourth-order valence-corrected chi connectivity index (χ4v) is 2.00. The minimum atomic E-state index is 0.259. The van der Waals surface area contributed by atoms with E-state index in [9.17, 15) is 0 Å². The quantitative estimate of drug-likeness (QED) is 0.747. The average Bonchev–Trinajstić information content (AvgIpc) is 2.27. The summed E-state index contributed by atoms with van der Waals surface area (Å²) in [4.78, 5) is 2.57. The monoisotopic (exact) mass is 198 g/mol. The predicted octanol–water partition coefficient (Wildman–Crippen LogP) is 2.11. The molecule has 1 heterocycles. The molecule has 1 aliphatic rings. The van der Waals surface area contributed by atoms with Gasteiger partial charge in [-0.25, -0.2) is 0 Å². The van der Waals surface area contributed by atoms with Crippen molar-refractivity contribution in [1.29, 1.82) is 0 Å². The molecule has 1 aliphatic heterocycles. The van der Waals surface area contributed by atoms with Crippen LogP contribution in [0.5, 0.6) is 0 Å². The Morgan fingerprint density at radius 3 is 2.36 bits per heavy atom. The van der Waals surface area contributed by atoms with Gasteiger partial charge in [-0.05, 0) is 39.2 Å². The summed E-state index contributed by atoms with van der Waals surface area (Å²) in [6.07, 6.45) is 1.35. The van der Waals surface area contributed by atoms with Crippen LogP contribution in [-0.4, -0.2) is 36.6 Å². The number of hydrogen-bond acceptors (Lipinski definition) is 2. The van der Waals surface area contributed by atoms with E-state index in [2.05, 4.69) is 44.8 Å². The summed E-state index contributed by atoms with van der Waals surface area (Å²) in [5.41, 5.74) is 0.803. The lowest BCUT2D eigenvalue weighted by Gasteiger charge is -2.24. The van der Waals surface area contributed by atoms with Crippen molar-refractivity contribution >= 4 is 0 Å². The zero-order chi connectivity index (χ0) is 10.8. The molecular formula is C12H26N2. The molecule has 0 aromatic rings. The molecule has 1 rings (SSSR count). The molecule has 84 valence electrons. The number of nitrogens with zero attached hydrogens (tertiary/aromatic N) is 1. The molecule has 2 heteroatoms. The Kier molecular flexibility index (Phi) is 3.59. The van der Waals surface area contributed by atoms with Crippen LogP contribution in [0.1, 0.15) is 41.0 Å². The fraction of sp³-hybridized carbons (Fsp3) is 1.00. The molecule has 2 nitrogen and oxygen atoms in total. The van der Waals surface area contributed by atoms with Crippen molar-refractivity contribution in [1.82, 2.24) is 10.2 Å². The molecule has 0 bridgehead atoms. The van der Waals surface area contributed by atoms with Crippen molar-refractivity contribution in [2.45, 2.75) is 46.6 Å². The van der Waals surface area contributed by atoms with Crippen LogP contribution < -0.4 is 5.32 Å². The third-order valence-electron chi connectivity index (χ3n) is 2.84. The standard InChI is InChI=1S/C12H26N2/c1-11(2,3)13-7-9-14-8-6-12(4,5)10-14/h13H,6-10H2,1-5H3. The van der Waals surface area contributed by atoms with E-state index >= 15 is 0 Å². The lowest BCUT2D eigenvalue weighted by molar-refractivity contribution is 0.278. The van der Waals surface area contributed by atoms with Gasteiger partial charge in [-0.3, -0.25) is 0 Å². The Bertz CT molecular complexity index is 179. The van der Waals surface area contributed by atoms with Crippen molar-refractivity contribution in [2.75, 3.05) is 26.2 Å². The zero-order valence-electron chi connectivity index (χ0n) is 10.5. The Hall–Kier alpha value is -0.0800. The highest BCUT2D eigenvalue weighted by Crippen LogP contribution is 2.28. The Labute approximate surface area is 89.1 Å². The Morgan fingerprint density at radius 1 is 1.29 bits per heavy atom. The molecule has 1 N–H and O–H groups in total. The van der Waals surface area contributed by atoms with Crippen LogP contribution in [0.2, 0.25) is 0 Å². The highest BCUT2D eigenvalue weighted by atomic mass is 15.2. The first kappa shape index (κ1) is 12.0. The number of nitrogens with one attached hydrogen (secondary N) is 1. The lowest BCUT2D eigenvalue weighted by Crippen LogP contribution is -2.41. The van der Waals surface area contributed by atoms with Crippen LogP contribution in [0.15, 0.2) is 0 Å². The zero-order valence-corrected chi connectivity index (χ0v) is 10.5. The first-order valence-electron chi connectivity index (χ1n) is 5.76. The van der Waals surface area contributed by atoms with E-state index in [0.717, 1.165) is 6.54 Å². The molecule has 0 aliphatic carbocycles. The van der Waals surface area contributed by atoms with Crippen LogP contribution in [-0.2, 0) is 0 Å². The van der Waals surface area contributed by atoms with E-state index in [0.29, 0.717) is 5.41 Å². The highest BCUT2D eigenvalue weighted by Gasteiger charge is 2.28. The Morgan fingerprint density at radius 2 is 1.93 bits per heavy atom. The average molecular weight is 198 g/mol. The van der Waals surface area contributed by atoms with Crippen molar-refractivity contribution < 1.29 is 0 Å². The minimum Gasteiger partial charge on any atom is -0.311 e. The molecule has 0 unspecified atom stereocenters. The van der Waals surface area contributed by atoms with Crippen LogP contribution in [0, 0.1) is 5.41 Å². The van der Waals surface area contributed by atoms with Gasteiger partial charge >= 0.3 is 0 Å². The van der Waals surface area contributed by atoms with Gasteiger partial charge in [0.1, 0.15) is 0 Å². The second-order valence-corrected chi connectivity index (χ2v) is 6.37. The van der Waals surface area contributed by atoms with E-state index < -0.39 is 0 Å². The molecule has 0 radical (unpaired) electrons. The molecule has 1 saturated heterocycles. The van der Waals surface area contributed by atoms with Gasteiger partial charge in [0.15, 0.2) is 0 Å². The molecule has 1 fully saturated rings. The molecule has 0 spiro atoms. The first-order chi connectivity index (χ1) is 6.29. The molecule has 0 amide bonds. The van der Waals surface area contributed by atoms with Gasteiger partial charge in [0, 0.05) is 25.2 Å². The first-order valence-corrected chi connectivity index (χ1v) is 5.76. The summed E-state index contributed by atoms with van der Waals surface area (Å²) in [5.74, 6) is 0. The molecule has 0 aromatic heterocycles. The van der Waals surface area contributed by atoms with E-state index in [1.165, 1.54) is 26.1 Å². The van der Waals surface area contributed by atoms with E-state index in [4.69, 9.17) is 0 Å². The van der Waals surface area contributed by atoms with Crippen molar-refractivity contribution in [3.05, 3.63) is 0 Å². The van der Waals surface area contributed by atoms with E-state index in [-0.39, 0.29) is 5.54 Å². The minimum absolute atomic E-state index is 0.259. The topological polar surface area (TPSA) is 15.3 Å². The maximum absolute atomic E-state index is 3.53. The van der Waals surface area contributed by atoms with Crippen LogP contribution in [0.4, 0.5) is 0 Å². The summed E-state index contributed by atoms with van der Waals surface area (Å²) < 4.78 is 0. The second-order valence-electron chi connectivity index (χ2n) is 6.37. The van der Waals surface area contributed by atoms with E-state index in [1.807, 2.05) is 0 Å². The number of hydrogen-bond donors (Lipinski definition) is 1. The van der Waals surface area contributed by atoms with Crippen LogP contribution in [0.3, 0.4) is 0 Å². The lowest BCUT2D eigenvalue weighted by atomic mass is 9.93. The normalized spacial score (nSPS) is 22.9. The predicted molar refractivity (Wildman–Crippen MR) is 62.6 cm³/mol. The van der Waals surface area contributed by atoms with Crippen molar-refractivity contribution in [3.63, 3.8) is 0 Å². The summed E-state index contributed by atoms with van der Waals surface area (Å²) in [6.45, 7) is 16.2. The maximum atomic E-state index is 3.53. The van der Waals surface area contributed by atoms with Gasteiger partial charge in [0.2, 0.25) is 0 Å². The number of rotatable bonds is 3. The summed E-state index contributed by atoms with van der Waals surface area (Å²) >= 11 is 0. The molecule has 0 saturated carbocycles. The summed E-state index contributed by atoms with van der Waals surface area (Å²) in [6, 6.07) is 0. The summed E-state index contributed by atoms with van der Waals surface area (Å²) in [7, 11) is 0. The van der Waals surface area contributed by atoms with Gasteiger partial charge in [-0.2, -0.15) is 0 Å². The van der Waals surface area contributed by atoms with Crippen LogP contribution >= 0.6 is 0 Å². The van der Waals surface area contributed by atoms with Gasteiger partial charge in [-0.1, -0.05) is 13.8 Å². The van der Waals surface area contributed by atoms with Crippen LogP contribution in [0.25, 0.3) is 0 Å². The van der Waals surface area contributed by atoms with Crippen molar-refractivity contribution in [3.8, 4) is 0 Å². The second kappa shape index (κ2) is 4.19. The SMILES string of the molecule is CC1(C)CCN(CCNC(C)(C)C)C1. The Balaban J connectivity index is 2.15. The maximum Gasteiger partial charge on any atom is 0.0107 e. The summed E-state index contributed by atoms with van der Waals surface area (Å²) in [5, 5.41) is 3.53. The van der Waals surface area contributed by atoms with Gasteiger partial charge in [0.25, 0.3) is 0 Å². The number of likely N-dealkylation sites (tertiary alicyclic amines) is 1. The largest absolute Gasteiger partial charge is 0.311 e. The van der Waals surface area contributed by atoms with Gasteiger partial charge in [-0.15, -0.1) is 0 Å². The molecule has 0 aromatic carbocycles. The van der Waals surface area contributed by atoms with E-state index in [1.54, 1.807) is 0 Å². The smallest absolute Gasteiger partial charge is 0.0107 e. The molecule has 14 heavy (non-hydrogen) atoms. The molecule has 0 atom stereocenters. The van der Waals surface area contributed by atoms with Crippen molar-refractivity contribution in [2.24, 2.45) is 5.41 Å². The molecular weight excluding hydrogens is 172 g/mol. The third kappa shape index (κ3) is 4.43. The highest BCUT2D eigenvalue weighted by molar-refractivity contribution is 4.83. The van der Waals surface area contributed by atoms with Gasteiger partial charge in [0.05, 0.1) is 0 Å². The fourth-order valence-electron chi connectivity index (χ4n) is 2.00. The third-order valence-corrected chi connectivity index (χ3v) is 2.84.